The Kier molecular flexibility index (Phi) is 7.08. The Balaban J connectivity index is 0.940. The first-order valence-electron chi connectivity index (χ1n) is 25.1. The summed E-state index contributed by atoms with van der Waals surface area (Å²) in [5, 5.41) is 13.8. The van der Waals surface area contributed by atoms with Crippen molar-refractivity contribution < 1.29 is 17.7 Å². The third kappa shape index (κ3) is 4.69. The molecule has 11 aromatic carbocycles. The van der Waals surface area contributed by atoms with Gasteiger partial charge in [0.05, 0.1) is 0 Å². The average molecular weight is 923 g/mol. The zero-order valence-electron chi connectivity index (χ0n) is 40.0. The molecule has 0 unspecified atom stereocenters. The molecule has 72 heavy (non-hydrogen) atoms. The molecule has 0 amide bonds. The number of benzene rings is 11. The van der Waals surface area contributed by atoms with E-state index < -0.39 is 0 Å². The minimum absolute atomic E-state index is 0.369. The standard InChI is InChI=1S/C68H42O4/c1-67(2)49-31-48-50(32-47(49)61-51(67)29-45(65-63(61)41-23-11-15-27-55(41)71-65)43-33-57-59(37-19-7-5-17-35(37)43)39-21-9-13-25-53(39)69-57)68(3,4)52-30-46(66-64(62(48)52)42-24-12-16-28-56(42)72-66)44-34-58-60(38-20-8-6-18-36(38)44)40-22-10-14-26-54(40)70-58/h5-34H,1-4H3. The summed E-state index contributed by atoms with van der Waals surface area (Å²) < 4.78 is 27.5. The van der Waals surface area contributed by atoms with Gasteiger partial charge < -0.3 is 17.7 Å². The van der Waals surface area contributed by atoms with E-state index in [1.807, 2.05) is 12.1 Å². The lowest BCUT2D eigenvalue weighted by Crippen LogP contribution is -2.17. The highest BCUT2D eigenvalue weighted by atomic mass is 16.3. The number of furan rings is 4. The van der Waals surface area contributed by atoms with Gasteiger partial charge in [0.15, 0.2) is 0 Å². The largest absolute Gasteiger partial charge is 0.456 e. The van der Waals surface area contributed by atoms with Crippen molar-refractivity contribution >= 4 is 109 Å². The molecule has 0 spiro atoms. The van der Waals surface area contributed by atoms with Crippen LogP contribution in [0.1, 0.15) is 49.9 Å². The molecule has 338 valence electrons. The van der Waals surface area contributed by atoms with E-state index in [-0.39, 0.29) is 10.8 Å². The van der Waals surface area contributed by atoms with Crippen LogP contribution < -0.4 is 0 Å². The van der Waals surface area contributed by atoms with Gasteiger partial charge in [-0.05, 0) is 138 Å². The van der Waals surface area contributed by atoms with Crippen LogP contribution >= 0.6 is 0 Å². The van der Waals surface area contributed by atoms with E-state index in [4.69, 9.17) is 17.7 Å². The van der Waals surface area contributed by atoms with Crippen molar-refractivity contribution in [2.45, 2.75) is 38.5 Å². The molecular formula is C68H42O4. The summed E-state index contributed by atoms with van der Waals surface area (Å²) in [6, 6.07) is 65.9. The van der Waals surface area contributed by atoms with Gasteiger partial charge in [0.25, 0.3) is 0 Å². The van der Waals surface area contributed by atoms with Crippen molar-refractivity contribution in [3.05, 3.63) is 204 Å². The summed E-state index contributed by atoms with van der Waals surface area (Å²) in [5.74, 6) is 0. The van der Waals surface area contributed by atoms with Gasteiger partial charge in [0.1, 0.15) is 44.7 Å². The van der Waals surface area contributed by atoms with Crippen molar-refractivity contribution in [2.75, 3.05) is 0 Å². The monoisotopic (exact) mass is 922 g/mol. The van der Waals surface area contributed by atoms with Crippen LogP contribution in [-0.2, 0) is 10.8 Å². The number of rotatable bonds is 2. The lowest BCUT2D eigenvalue weighted by atomic mass is 9.78. The smallest absolute Gasteiger partial charge is 0.143 e. The van der Waals surface area contributed by atoms with Crippen LogP contribution in [0.3, 0.4) is 0 Å². The van der Waals surface area contributed by atoms with Crippen molar-refractivity contribution in [3.8, 4) is 44.5 Å². The molecule has 4 heterocycles. The summed E-state index contributed by atoms with van der Waals surface area (Å²) in [7, 11) is 0. The maximum absolute atomic E-state index is 7.11. The molecule has 0 fully saturated rings. The Morgan fingerprint density at radius 2 is 0.556 bits per heavy atom. The van der Waals surface area contributed by atoms with Crippen molar-refractivity contribution in [3.63, 3.8) is 0 Å². The fourth-order valence-electron chi connectivity index (χ4n) is 13.7. The van der Waals surface area contributed by atoms with E-state index in [9.17, 15) is 0 Å². The summed E-state index contributed by atoms with van der Waals surface area (Å²) >= 11 is 0. The molecule has 0 radical (unpaired) electrons. The van der Waals surface area contributed by atoms with Crippen LogP contribution in [0.5, 0.6) is 0 Å². The van der Waals surface area contributed by atoms with Gasteiger partial charge in [-0.25, -0.2) is 0 Å². The predicted molar refractivity (Wildman–Crippen MR) is 297 cm³/mol. The molecule has 0 N–H and O–H groups in total. The molecule has 0 atom stereocenters. The lowest BCUT2D eigenvalue weighted by molar-refractivity contribution is 0.650. The second kappa shape index (κ2) is 13.1. The molecule has 4 aromatic heterocycles. The van der Waals surface area contributed by atoms with Crippen LogP contribution in [-0.4, -0.2) is 0 Å². The fourth-order valence-corrected chi connectivity index (χ4v) is 13.7. The van der Waals surface area contributed by atoms with E-state index in [1.165, 1.54) is 66.1 Å². The Morgan fingerprint density at radius 3 is 0.944 bits per heavy atom. The molecule has 0 aliphatic heterocycles. The van der Waals surface area contributed by atoms with E-state index >= 15 is 0 Å². The SMILES string of the molecule is CC1(C)c2cc3c(cc2-c2c1cc(-c1cc4oc5ccccc5c4c4ccccc14)c1oc4ccccc4c21)C(C)(C)c1cc(-c2cc4oc5ccccc5c4c4ccccc24)c2oc4ccccc4c2c1-3. The summed E-state index contributed by atoms with van der Waals surface area (Å²) in [5.41, 5.74) is 21.0. The minimum Gasteiger partial charge on any atom is -0.456 e. The Labute approximate surface area is 412 Å². The molecule has 2 aliphatic rings. The quantitative estimate of drug-likeness (QED) is 0.173. The number of hydrogen-bond donors (Lipinski definition) is 0. The zero-order chi connectivity index (χ0) is 47.5. The number of hydrogen-bond acceptors (Lipinski definition) is 4. The van der Waals surface area contributed by atoms with Gasteiger partial charge in [0, 0.05) is 65.0 Å². The molecule has 0 saturated carbocycles. The molecule has 2 aliphatic carbocycles. The first-order chi connectivity index (χ1) is 35.2. The van der Waals surface area contributed by atoms with Crippen LogP contribution in [0.15, 0.2) is 200 Å². The van der Waals surface area contributed by atoms with Crippen LogP contribution in [0.4, 0.5) is 0 Å². The third-order valence-corrected chi connectivity index (χ3v) is 17.0. The second-order valence-electron chi connectivity index (χ2n) is 21.4. The second-order valence-corrected chi connectivity index (χ2v) is 21.4. The lowest BCUT2D eigenvalue weighted by Gasteiger charge is -2.24. The van der Waals surface area contributed by atoms with Crippen LogP contribution in [0, 0.1) is 0 Å². The predicted octanol–water partition coefficient (Wildman–Crippen LogP) is 19.5. The first kappa shape index (κ1) is 38.9. The molecule has 0 bridgehead atoms. The minimum atomic E-state index is -0.369. The van der Waals surface area contributed by atoms with Gasteiger partial charge in [-0.1, -0.05) is 149 Å². The Bertz CT molecular complexity index is 4670. The van der Waals surface area contributed by atoms with Crippen LogP contribution in [0.2, 0.25) is 0 Å². The number of fused-ring (bicyclic) bond motifs is 24. The molecule has 4 nitrogen and oxygen atoms in total. The maximum atomic E-state index is 7.11. The van der Waals surface area contributed by atoms with Gasteiger partial charge >= 0.3 is 0 Å². The topological polar surface area (TPSA) is 52.6 Å². The van der Waals surface area contributed by atoms with Crippen molar-refractivity contribution in [1.82, 2.24) is 0 Å². The highest BCUT2D eigenvalue weighted by molar-refractivity contribution is 6.27. The first-order valence-corrected chi connectivity index (χ1v) is 25.1. The van der Waals surface area contributed by atoms with Gasteiger partial charge in [-0.2, -0.15) is 0 Å². The van der Waals surface area contributed by atoms with Gasteiger partial charge in [-0.3, -0.25) is 0 Å². The summed E-state index contributed by atoms with van der Waals surface area (Å²) in [4.78, 5) is 0. The molecule has 15 aromatic rings. The average Bonchev–Trinajstić information content (AvgIpc) is 4.24. The normalized spacial score (nSPS) is 14.6. The van der Waals surface area contributed by atoms with E-state index in [2.05, 4.69) is 198 Å². The van der Waals surface area contributed by atoms with Gasteiger partial charge in [-0.15, -0.1) is 0 Å². The van der Waals surface area contributed by atoms with Crippen LogP contribution in [0.25, 0.3) is 154 Å². The number of para-hydroxylation sites is 4. The third-order valence-electron chi connectivity index (χ3n) is 17.0. The molecule has 17 rings (SSSR count). The van der Waals surface area contributed by atoms with E-state index in [0.29, 0.717) is 0 Å². The summed E-state index contributed by atoms with van der Waals surface area (Å²) in [6.45, 7) is 9.65. The highest BCUT2D eigenvalue weighted by Crippen LogP contribution is 2.62. The molecular weight excluding hydrogens is 881 g/mol. The summed E-state index contributed by atoms with van der Waals surface area (Å²) in [6.07, 6.45) is 0. The van der Waals surface area contributed by atoms with E-state index in [1.54, 1.807) is 0 Å². The van der Waals surface area contributed by atoms with Gasteiger partial charge in [0.2, 0.25) is 0 Å². The maximum Gasteiger partial charge on any atom is 0.143 e. The highest BCUT2D eigenvalue weighted by Gasteiger charge is 2.45. The zero-order valence-corrected chi connectivity index (χ0v) is 40.0. The fraction of sp³-hybridized carbons (Fsp3) is 0.0882. The Hall–Kier alpha value is -8.86. The van der Waals surface area contributed by atoms with E-state index in [0.717, 1.165) is 110 Å². The molecule has 0 saturated heterocycles. The van der Waals surface area contributed by atoms with Crippen molar-refractivity contribution in [2.24, 2.45) is 0 Å². The van der Waals surface area contributed by atoms with Crippen molar-refractivity contribution in [1.29, 1.82) is 0 Å². The Morgan fingerprint density at radius 1 is 0.250 bits per heavy atom. The molecule has 4 heteroatoms.